The molecule has 0 saturated carbocycles. The Morgan fingerprint density at radius 3 is 2.50 bits per heavy atom. The van der Waals surface area contributed by atoms with Gasteiger partial charge in [-0.25, -0.2) is 4.79 Å². The lowest BCUT2D eigenvalue weighted by Gasteiger charge is -2.26. The fourth-order valence-electron chi connectivity index (χ4n) is 1.48. The molecule has 20 heavy (non-hydrogen) atoms. The van der Waals surface area contributed by atoms with Crippen molar-refractivity contribution in [2.45, 2.75) is 45.8 Å². The average molecular weight is 278 g/mol. The molecule has 3 N–H and O–H groups in total. The third kappa shape index (κ3) is 4.26. The highest BCUT2D eigenvalue weighted by Crippen LogP contribution is 2.13. The van der Waals surface area contributed by atoms with Crippen LogP contribution in [-0.4, -0.2) is 23.5 Å². The Bertz CT molecular complexity index is 498. The number of nitrogens with one attached hydrogen (secondary N) is 1. The quantitative estimate of drug-likeness (QED) is 0.638. The number of esters is 1. The van der Waals surface area contributed by atoms with Gasteiger partial charge in [-0.1, -0.05) is 19.1 Å². The summed E-state index contributed by atoms with van der Waals surface area (Å²) in [5, 5.41) is 2.83. The van der Waals surface area contributed by atoms with Crippen LogP contribution in [0.3, 0.4) is 0 Å². The number of hydrogen-bond donors (Lipinski definition) is 2. The number of nitrogen functional groups attached to an aromatic ring is 1. The van der Waals surface area contributed by atoms with Gasteiger partial charge in [-0.15, -0.1) is 0 Å². The number of anilines is 1. The minimum Gasteiger partial charge on any atom is -0.449 e. The Labute approximate surface area is 119 Å². The lowest BCUT2D eigenvalue weighted by Crippen LogP contribution is -2.47. The van der Waals surface area contributed by atoms with Gasteiger partial charge in [-0.3, -0.25) is 4.79 Å². The first-order valence-corrected chi connectivity index (χ1v) is 6.64. The molecule has 1 unspecified atom stereocenters. The van der Waals surface area contributed by atoms with E-state index < -0.39 is 12.1 Å². The summed E-state index contributed by atoms with van der Waals surface area (Å²) in [4.78, 5) is 23.9. The molecule has 0 saturated heterocycles. The monoisotopic (exact) mass is 278 g/mol. The van der Waals surface area contributed by atoms with Gasteiger partial charge in [0.05, 0.1) is 5.56 Å². The van der Waals surface area contributed by atoms with E-state index in [0.29, 0.717) is 5.69 Å². The molecule has 0 radical (unpaired) electrons. The van der Waals surface area contributed by atoms with E-state index in [1.807, 2.05) is 20.8 Å². The molecule has 1 aromatic carbocycles. The molecule has 0 bridgehead atoms. The summed E-state index contributed by atoms with van der Waals surface area (Å²) >= 11 is 0. The maximum atomic E-state index is 11.9. The smallest absolute Gasteiger partial charge is 0.341 e. The van der Waals surface area contributed by atoms with E-state index in [0.717, 1.165) is 6.42 Å². The van der Waals surface area contributed by atoms with Crippen LogP contribution < -0.4 is 11.1 Å². The van der Waals surface area contributed by atoms with Crippen LogP contribution in [0.15, 0.2) is 24.3 Å². The first-order valence-electron chi connectivity index (χ1n) is 6.64. The van der Waals surface area contributed by atoms with Crippen LogP contribution in [0.4, 0.5) is 5.69 Å². The third-order valence-electron chi connectivity index (χ3n) is 3.18. The van der Waals surface area contributed by atoms with Crippen molar-refractivity contribution in [3.05, 3.63) is 29.8 Å². The van der Waals surface area contributed by atoms with Gasteiger partial charge in [0.2, 0.25) is 0 Å². The van der Waals surface area contributed by atoms with E-state index in [1.54, 1.807) is 24.3 Å². The summed E-state index contributed by atoms with van der Waals surface area (Å²) in [6, 6.07) is 6.60. The molecular weight excluding hydrogens is 256 g/mol. The molecule has 0 aliphatic rings. The van der Waals surface area contributed by atoms with Gasteiger partial charge < -0.3 is 15.8 Å². The second-order valence-electron chi connectivity index (χ2n) is 5.36. The van der Waals surface area contributed by atoms with Gasteiger partial charge in [0.25, 0.3) is 5.91 Å². The third-order valence-corrected chi connectivity index (χ3v) is 3.18. The first kappa shape index (κ1) is 16.0. The zero-order chi connectivity index (χ0) is 15.3. The van der Waals surface area contributed by atoms with Gasteiger partial charge >= 0.3 is 5.97 Å². The van der Waals surface area contributed by atoms with Crippen LogP contribution in [0.5, 0.6) is 0 Å². The number of hydrogen-bond acceptors (Lipinski definition) is 4. The highest BCUT2D eigenvalue weighted by Gasteiger charge is 2.25. The van der Waals surface area contributed by atoms with Gasteiger partial charge in [0.1, 0.15) is 0 Å². The van der Waals surface area contributed by atoms with E-state index in [4.69, 9.17) is 10.5 Å². The molecule has 0 spiro atoms. The molecule has 1 rings (SSSR count). The lowest BCUT2D eigenvalue weighted by atomic mass is 10.0. The molecular formula is C15H22N2O3. The van der Waals surface area contributed by atoms with Crippen LogP contribution in [-0.2, 0) is 9.53 Å². The standard InChI is InChI=1S/C15H22N2O3/c1-5-15(3,4)17-13(18)10(2)20-14(19)11-8-6-7-9-12(11)16/h6-10H,5,16H2,1-4H3,(H,17,18). The van der Waals surface area contributed by atoms with Crippen molar-refractivity contribution < 1.29 is 14.3 Å². The molecule has 0 heterocycles. The number of para-hydroxylation sites is 1. The molecule has 0 aliphatic carbocycles. The van der Waals surface area contributed by atoms with Crippen molar-refractivity contribution in [3.8, 4) is 0 Å². The average Bonchev–Trinajstić information content (AvgIpc) is 2.38. The fourth-order valence-corrected chi connectivity index (χ4v) is 1.48. The summed E-state index contributed by atoms with van der Waals surface area (Å²) in [5.41, 5.74) is 5.96. The van der Waals surface area contributed by atoms with Crippen molar-refractivity contribution in [1.29, 1.82) is 0 Å². The zero-order valence-corrected chi connectivity index (χ0v) is 12.4. The van der Waals surface area contributed by atoms with Crippen molar-refractivity contribution in [2.24, 2.45) is 0 Å². The number of ether oxygens (including phenoxy) is 1. The van der Waals surface area contributed by atoms with Crippen LogP contribution in [0, 0.1) is 0 Å². The fraction of sp³-hybridized carbons (Fsp3) is 0.467. The number of amides is 1. The van der Waals surface area contributed by atoms with Crippen LogP contribution in [0.1, 0.15) is 44.5 Å². The lowest BCUT2D eigenvalue weighted by molar-refractivity contribution is -0.130. The highest BCUT2D eigenvalue weighted by molar-refractivity contribution is 5.96. The van der Waals surface area contributed by atoms with Crippen LogP contribution in [0.25, 0.3) is 0 Å². The number of nitrogens with two attached hydrogens (primary N) is 1. The molecule has 0 aromatic heterocycles. The van der Waals surface area contributed by atoms with Crippen molar-refractivity contribution >= 4 is 17.6 Å². The second-order valence-corrected chi connectivity index (χ2v) is 5.36. The van der Waals surface area contributed by atoms with Gasteiger partial charge in [0.15, 0.2) is 6.10 Å². The highest BCUT2D eigenvalue weighted by atomic mass is 16.5. The van der Waals surface area contributed by atoms with Gasteiger partial charge in [0, 0.05) is 11.2 Å². The van der Waals surface area contributed by atoms with Crippen LogP contribution >= 0.6 is 0 Å². The molecule has 5 heteroatoms. The van der Waals surface area contributed by atoms with E-state index in [2.05, 4.69) is 5.32 Å². The summed E-state index contributed by atoms with van der Waals surface area (Å²) < 4.78 is 5.14. The maximum absolute atomic E-state index is 11.9. The van der Waals surface area contributed by atoms with Crippen LogP contribution in [0.2, 0.25) is 0 Å². The minimum absolute atomic E-state index is 0.266. The van der Waals surface area contributed by atoms with Gasteiger partial charge in [-0.2, -0.15) is 0 Å². The Kier molecular flexibility index (Phi) is 5.13. The van der Waals surface area contributed by atoms with E-state index in [1.165, 1.54) is 6.92 Å². The molecule has 110 valence electrons. The molecule has 0 fully saturated rings. The normalized spacial score (nSPS) is 12.6. The predicted molar refractivity (Wildman–Crippen MR) is 78.2 cm³/mol. The Hall–Kier alpha value is -2.04. The second kappa shape index (κ2) is 6.41. The summed E-state index contributed by atoms with van der Waals surface area (Å²) in [6.45, 7) is 7.34. The van der Waals surface area contributed by atoms with Crippen molar-refractivity contribution in [2.75, 3.05) is 5.73 Å². The van der Waals surface area contributed by atoms with Crippen molar-refractivity contribution in [3.63, 3.8) is 0 Å². The molecule has 1 aromatic rings. The summed E-state index contributed by atoms with van der Waals surface area (Å²) in [6.07, 6.45) is -0.0849. The number of benzene rings is 1. The Balaban J connectivity index is 2.67. The first-order chi connectivity index (χ1) is 9.26. The maximum Gasteiger partial charge on any atom is 0.341 e. The van der Waals surface area contributed by atoms with Gasteiger partial charge in [-0.05, 0) is 39.3 Å². The predicted octanol–water partition coefficient (Wildman–Crippen LogP) is 2.12. The van der Waals surface area contributed by atoms with E-state index in [9.17, 15) is 9.59 Å². The van der Waals surface area contributed by atoms with E-state index in [-0.39, 0.29) is 17.0 Å². The molecule has 5 nitrogen and oxygen atoms in total. The number of carbonyl (C=O) groups excluding carboxylic acids is 2. The van der Waals surface area contributed by atoms with Crippen molar-refractivity contribution in [1.82, 2.24) is 5.32 Å². The topological polar surface area (TPSA) is 81.4 Å². The summed E-state index contributed by atoms with van der Waals surface area (Å²) in [5.74, 6) is -0.917. The number of carbonyl (C=O) groups is 2. The Morgan fingerprint density at radius 1 is 1.35 bits per heavy atom. The molecule has 1 atom stereocenters. The largest absolute Gasteiger partial charge is 0.449 e. The zero-order valence-electron chi connectivity index (χ0n) is 12.4. The van der Waals surface area contributed by atoms with E-state index >= 15 is 0 Å². The Morgan fingerprint density at radius 2 is 1.95 bits per heavy atom. The minimum atomic E-state index is -0.868. The molecule has 0 aliphatic heterocycles. The number of rotatable bonds is 5. The summed E-state index contributed by atoms with van der Waals surface area (Å²) in [7, 11) is 0. The molecule has 1 amide bonds. The SMILES string of the molecule is CCC(C)(C)NC(=O)C(C)OC(=O)c1ccccc1N.